The summed E-state index contributed by atoms with van der Waals surface area (Å²) in [5.74, 6) is -0.555. The van der Waals surface area contributed by atoms with E-state index in [1.54, 1.807) is 6.20 Å². The van der Waals surface area contributed by atoms with Crippen molar-refractivity contribution in [3.05, 3.63) is 12.4 Å². The number of primary amides is 1. The van der Waals surface area contributed by atoms with Crippen LogP contribution in [0.2, 0.25) is 0 Å². The van der Waals surface area contributed by atoms with E-state index < -0.39 is 5.91 Å². The van der Waals surface area contributed by atoms with Gasteiger partial charge < -0.3 is 11.1 Å². The summed E-state index contributed by atoms with van der Waals surface area (Å²) in [6, 6.07) is 0. The number of aromatic nitrogens is 2. The molecule has 0 aromatic carbocycles. The zero-order valence-electron chi connectivity index (χ0n) is 7.40. The Kier molecular flexibility index (Phi) is 2.95. The first-order valence-corrected chi connectivity index (χ1v) is 3.75. The molecule has 1 aromatic rings. The third-order valence-corrected chi connectivity index (χ3v) is 1.37. The second kappa shape index (κ2) is 4.17. The minimum atomic E-state index is -0.475. The Hall–Kier alpha value is -2.18. The standard InChI is InChI=1S/C7H10N6O/c1-10-7(9)12-5-2-11-13(3-5)4-6(8)14/h2-3H,1,4H2,(H2,8,14)(H2,9,12). The molecule has 0 unspecified atom stereocenters. The number of nitrogens with one attached hydrogen (secondary N) is 2. The summed E-state index contributed by atoms with van der Waals surface area (Å²) >= 11 is 0. The van der Waals surface area contributed by atoms with E-state index in [1.807, 2.05) is 0 Å². The lowest BCUT2D eigenvalue weighted by atomic mass is 10.5. The highest BCUT2D eigenvalue weighted by Crippen LogP contribution is 2.04. The molecule has 7 nitrogen and oxygen atoms in total. The van der Waals surface area contributed by atoms with Crippen molar-refractivity contribution in [2.24, 2.45) is 10.7 Å². The maximum absolute atomic E-state index is 10.5. The van der Waals surface area contributed by atoms with Crippen LogP contribution in [-0.4, -0.2) is 28.4 Å². The molecule has 0 aliphatic heterocycles. The Bertz CT molecular complexity index is 368. The van der Waals surface area contributed by atoms with Crippen molar-refractivity contribution in [1.82, 2.24) is 9.78 Å². The van der Waals surface area contributed by atoms with Crippen LogP contribution < -0.4 is 11.1 Å². The molecular weight excluding hydrogens is 184 g/mol. The molecule has 1 aromatic heterocycles. The number of aliphatic imine (C=N–C) groups is 1. The van der Waals surface area contributed by atoms with Crippen molar-refractivity contribution in [3.63, 3.8) is 0 Å². The molecule has 74 valence electrons. The molecule has 0 fully saturated rings. The summed E-state index contributed by atoms with van der Waals surface area (Å²) in [5, 5.41) is 13.6. The highest BCUT2D eigenvalue weighted by molar-refractivity contribution is 5.93. The van der Waals surface area contributed by atoms with Crippen LogP contribution in [0.5, 0.6) is 0 Å². The number of nitrogens with two attached hydrogens (primary N) is 1. The van der Waals surface area contributed by atoms with Gasteiger partial charge in [0.2, 0.25) is 11.9 Å². The third-order valence-electron chi connectivity index (χ3n) is 1.37. The van der Waals surface area contributed by atoms with Gasteiger partial charge in [-0.05, 0) is 6.72 Å². The average molecular weight is 194 g/mol. The lowest BCUT2D eigenvalue weighted by Crippen LogP contribution is -2.18. The van der Waals surface area contributed by atoms with E-state index in [-0.39, 0.29) is 12.5 Å². The smallest absolute Gasteiger partial charge is 0.239 e. The molecule has 0 saturated heterocycles. The van der Waals surface area contributed by atoms with Crippen molar-refractivity contribution in [2.75, 3.05) is 5.32 Å². The largest absolute Gasteiger partial charge is 0.368 e. The molecule has 7 heteroatoms. The summed E-state index contributed by atoms with van der Waals surface area (Å²) in [6.45, 7) is 3.18. The van der Waals surface area contributed by atoms with Gasteiger partial charge >= 0.3 is 0 Å². The SMILES string of the molecule is C=NC(=N)Nc1cnn(CC(N)=O)c1. The van der Waals surface area contributed by atoms with E-state index in [9.17, 15) is 4.79 Å². The molecule has 0 bridgehead atoms. The number of hydrogen-bond acceptors (Lipinski definition) is 3. The zero-order valence-corrected chi connectivity index (χ0v) is 7.40. The summed E-state index contributed by atoms with van der Waals surface area (Å²) in [6.07, 6.45) is 3.01. The third kappa shape index (κ3) is 2.70. The Morgan fingerprint density at radius 1 is 1.86 bits per heavy atom. The maximum atomic E-state index is 10.5. The molecule has 0 aliphatic rings. The lowest BCUT2D eigenvalue weighted by Gasteiger charge is -1.97. The molecule has 0 saturated carbocycles. The Balaban J connectivity index is 2.63. The topological polar surface area (TPSA) is 109 Å². The number of carbonyl (C=O) groups is 1. The molecule has 1 amide bonds. The van der Waals surface area contributed by atoms with Gasteiger partial charge in [-0.2, -0.15) is 5.10 Å². The first-order chi connectivity index (χ1) is 6.61. The van der Waals surface area contributed by atoms with Crippen LogP contribution >= 0.6 is 0 Å². The molecule has 14 heavy (non-hydrogen) atoms. The number of nitrogens with zero attached hydrogens (tertiary/aromatic N) is 3. The number of carbonyl (C=O) groups excluding carboxylic acids is 1. The van der Waals surface area contributed by atoms with Crippen molar-refractivity contribution in [3.8, 4) is 0 Å². The maximum Gasteiger partial charge on any atom is 0.239 e. The first-order valence-electron chi connectivity index (χ1n) is 3.75. The van der Waals surface area contributed by atoms with Crippen LogP contribution in [0.4, 0.5) is 5.69 Å². The van der Waals surface area contributed by atoms with Gasteiger partial charge in [0.15, 0.2) is 0 Å². The number of anilines is 1. The van der Waals surface area contributed by atoms with Crippen LogP contribution in [0.1, 0.15) is 0 Å². The van der Waals surface area contributed by atoms with Crippen molar-refractivity contribution in [1.29, 1.82) is 5.41 Å². The highest BCUT2D eigenvalue weighted by Gasteiger charge is 2.01. The molecule has 1 heterocycles. The lowest BCUT2D eigenvalue weighted by molar-refractivity contribution is -0.118. The minimum Gasteiger partial charge on any atom is -0.368 e. The van der Waals surface area contributed by atoms with Crippen LogP contribution in [-0.2, 0) is 11.3 Å². The fourth-order valence-electron chi connectivity index (χ4n) is 0.851. The quantitative estimate of drug-likeness (QED) is 0.442. The zero-order chi connectivity index (χ0) is 10.6. The summed E-state index contributed by atoms with van der Waals surface area (Å²) < 4.78 is 1.36. The van der Waals surface area contributed by atoms with Gasteiger partial charge in [0.25, 0.3) is 0 Å². The molecule has 1 rings (SSSR count). The second-order valence-corrected chi connectivity index (χ2v) is 2.52. The van der Waals surface area contributed by atoms with Gasteiger partial charge in [-0.1, -0.05) is 0 Å². The number of rotatable bonds is 3. The average Bonchev–Trinajstić information content (AvgIpc) is 2.51. The summed E-state index contributed by atoms with van der Waals surface area (Å²) in [7, 11) is 0. The predicted octanol–water partition coefficient (Wildman–Crippen LogP) is -0.584. The van der Waals surface area contributed by atoms with Crippen LogP contribution in [0.15, 0.2) is 17.4 Å². The monoisotopic (exact) mass is 194 g/mol. The molecule has 4 N–H and O–H groups in total. The summed E-state index contributed by atoms with van der Waals surface area (Å²) in [5.41, 5.74) is 5.53. The van der Waals surface area contributed by atoms with E-state index in [2.05, 4.69) is 22.1 Å². The Morgan fingerprint density at radius 3 is 3.14 bits per heavy atom. The van der Waals surface area contributed by atoms with Gasteiger partial charge in [0.1, 0.15) is 6.54 Å². The predicted molar refractivity (Wildman–Crippen MR) is 52.3 cm³/mol. The Labute approximate surface area is 80.1 Å². The van der Waals surface area contributed by atoms with Crippen LogP contribution in [0.3, 0.4) is 0 Å². The fraction of sp³-hybridized carbons (Fsp3) is 0.143. The molecular formula is C7H10N6O. The van der Waals surface area contributed by atoms with Crippen LogP contribution in [0, 0.1) is 5.41 Å². The number of hydrogen-bond donors (Lipinski definition) is 3. The second-order valence-electron chi connectivity index (χ2n) is 2.52. The van der Waals surface area contributed by atoms with Crippen molar-refractivity contribution < 1.29 is 4.79 Å². The molecule has 0 atom stereocenters. The first kappa shape index (κ1) is 9.90. The van der Waals surface area contributed by atoms with E-state index in [1.165, 1.54) is 10.9 Å². The molecule has 0 radical (unpaired) electrons. The normalized spacial score (nSPS) is 9.43. The molecule has 0 spiro atoms. The van der Waals surface area contributed by atoms with Crippen molar-refractivity contribution in [2.45, 2.75) is 6.54 Å². The summed E-state index contributed by atoms with van der Waals surface area (Å²) in [4.78, 5) is 13.9. The van der Waals surface area contributed by atoms with Gasteiger partial charge in [-0.15, -0.1) is 0 Å². The Morgan fingerprint density at radius 2 is 2.57 bits per heavy atom. The van der Waals surface area contributed by atoms with Gasteiger partial charge in [0.05, 0.1) is 11.9 Å². The van der Waals surface area contributed by atoms with E-state index in [4.69, 9.17) is 11.1 Å². The number of guanidine groups is 1. The minimum absolute atomic E-state index is 0.0104. The van der Waals surface area contributed by atoms with Crippen LogP contribution in [0.25, 0.3) is 0 Å². The number of amides is 1. The van der Waals surface area contributed by atoms with E-state index in [0.717, 1.165) is 0 Å². The fourth-order valence-corrected chi connectivity index (χ4v) is 0.851. The van der Waals surface area contributed by atoms with Gasteiger partial charge in [-0.25, -0.2) is 4.99 Å². The van der Waals surface area contributed by atoms with Gasteiger partial charge in [0, 0.05) is 6.20 Å². The van der Waals surface area contributed by atoms with Crippen molar-refractivity contribution >= 4 is 24.3 Å². The van der Waals surface area contributed by atoms with Gasteiger partial charge in [-0.3, -0.25) is 14.9 Å². The van der Waals surface area contributed by atoms with E-state index in [0.29, 0.717) is 5.69 Å². The van der Waals surface area contributed by atoms with E-state index >= 15 is 0 Å². The molecule has 0 aliphatic carbocycles. The highest BCUT2D eigenvalue weighted by atomic mass is 16.1.